The van der Waals surface area contributed by atoms with Gasteiger partial charge in [-0.05, 0) is 36.5 Å². The molecule has 2 atom stereocenters. The highest BCUT2D eigenvalue weighted by Crippen LogP contribution is 2.38. The average molecular weight is 424 g/mol. The summed E-state index contributed by atoms with van der Waals surface area (Å²) in [7, 11) is -2.00. The fourth-order valence-electron chi connectivity index (χ4n) is 3.79. The lowest BCUT2D eigenvalue weighted by molar-refractivity contribution is 0.194. The van der Waals surface area contributed by atoms with E-state index in [2.05, 4.69) is 10.3 Å². The zero-order chi connectivity index (χ0) is 21.0. The summed E-state index contributed by atoms with van der Waals surface area (Å²) >= 11 is 0. The lowest BCUT2D eigenvalue weighted by atomic mass is 9.85. The van der Waals surface area contributed by atoms with Crippen LogP contribution in [0, 0.1) is 11.7 Å². The van der Waals surface area contributed by atoms with Crippen molar-refractivity contribution in [3.8, 4) is 0 Å². The lowest BCUT2D eigenvalue weighted by Crippen LogP contribution is -2.29. The molecule has 3 rings (SSSR count). The molecule has 1 aromatic heterocycles. The summed E-state index contributed by atoms with van der Waals surface area (Å²) in [5.74, 6) is -0.327. The van der Waals surface area contributed by atoms with Crippen LogP contribution in [0.2, 0.25) is 0 Å². The Morgan fingerprint density at radius 1 is 1.28 bits per heavy atom. The van der Waals surface area contributed by atoms with Crippen LogP contribution in [0.1, 0.15) is 30.7 Å². The van der Waals surface area contributed by atoms with E-state index in [4.69, 9.17) is 5.11 Å². The second-order valence-electron chi connectivity index (χ2n) is 7.35. The molecule has 8 nitrogen and oxygen atoms in total. The normalized spacial score (nSPS) is 20.1. The molecule has 0 unspecified atom stereocenters. The van der Waals surface area contributed by atoms with Crippen molar-refractivity contribution in [2.24, 2.45) is 13.0 Å². The van der Waals surface area contributed by atoms with Crippen molar-refractivity contribution < 1.29 is 22.7 Å². The van der Waals surface area contributed by atoms with Gasteiger partial charge < -0.3 is 15.0 Å². The highest BCUT2D eigenvalue weighted by Gasteiger charge is 2.40. The Hall–Kier alpha value is -2.46. The molecule has 2 heterocycles. The number of aryl methyl sites for hydroxylation is 1. The van der Waals surface area contributed by atoms with Crippen LogP contribution in [0.4, 0.5) is 9.18 Å². The van der Waals surface area contributed by atoms with E-state index < -0.39 is 16.1 Å². The molecule has 2 N–H and O–H groups in total. The molecule has 29 heavy (non-hydrogen) atoms. The molecular weight excluding hydrogens is 399 g/mol. The second kappa shape index (κ2) is 8.91. The van der Waals surface area contributed by atoms with Crippen molar-refractivity contribution in [1.29, 1.82) is 0 Å². The Balaban J connectivity index is 1.74. The van der Waals surface area contributed by atoms with E-state index in [0.717, 1.165) is 18.4 Å². The van der Waals surface area contributed by atoms with Gasteiger partial charge >= 0.3 is 6.09 Å². The number of unbranched alkanes of at least 4 members (excludes halogenated alkanes) is 1. The summed E-state index contributed by atoms with van der Waals surface area (Å²) in [6.45, 7) is 1.02. The summed E-state index contributed by atoms with van der Waals surface area (Å²) in [4.78, 5) is 14.5. The third-order valence-corrected chi connectivity index (χ3v) is 6.99. The number of amides is 1. The SMILES string of the molecule is Cn1cnc(S(=O)(=O)N2C[C@@H](CCCCNC(=O)O)[C@H](c3ccc(F)cc3)C2)c1. The average Bonchev–Trinajstić information content (AvgIpc) is 3.29. The van der Waals surface area contributed by atoms with Gasteiger partial charge in [0.1, 0.15) is 5.82 Å². The summed E-state index contributed by atoms with van der Waals surface area (Å²) in [6.07, 6.45) is 4.06. The van der Waals surface area contributed by atoms with E-state index in [1.165, 1.54) is 29.0 Å². The zero-order valence-corrected chi connectivity index (χ0v) is 17.0. The van der Waals surface area contributed by atoms with Crippen molar-refractivity contribution in [2.75, 3.05) is 19.6 Å². The minimum absolute atomic E-state index is 0.0177. The third kappa shape index (κ3) is 5.13. The number of imidazole rings is 1. The van der Waals surface area contributed by atoms with Gasteiger partial charge in [0.25, 0.3) is 10.0 Å². The topological polar surface area (TPSA) is 105 Å². The van der Waals surface area contributed by atoms with Gasteiger partial charge in [0.2, 0.25) is 0 Å². The Kier molecular flexibility index (Phi) is 6.53. The van der Waals surface area contributed by atoms with Gasteiger partial charge in [-0.2, -0.15) is 4.31 Å². The molecule has 0 aliphatic carbocycles. The highest BCUT2D eigenvalue weighted by molar-refractivity contribution is 7.89. The van der Waals surface area contributed by atoms with Crippen LogP contribution in [-0.2, 0) is 17.1 Å². The van der Waals surface area contributed by atoms with Crippen LogP contribution in [0.5, 0.6) is 0 Å². The first-order valence-corrected chi connectivity index (χ1v) is 10.9. The van der Waals surface area contributed by atoms with Crippen LogP contribution in [0.3, 0.4) is 0 Å². The number of halogens is 1. The molecule has 0 spiro atoms. The molecule has 0 bridgehead atoms. The van der Waals surface area contributed by atoms with Gasteiger partial charge in [-0.3, -0.25) is 0 Å². The molecule has 0 saturated carbocycles. The van der Waals surface area contributed by atoms with E-state index in [1.54, 1.807) is 23.7 Å². The number of sulfonamides is 1. The number of nitrogens with one attached hydrogen (secondary N) is 1. The van der Waals surface area contributed by atoms with Crippen LogP contribution < -0.4 is 5.32 Å². The van der Waals surface area contributed by atoms with E-state index in [-0.39, 0.29) is 22.7 Å². The second-order valence-corrected chi connectivity index (χ2v) is 9.23. The van der Waals surface area contributed by atoms with Crippen LogP contribution in [-0.4, -0.2) is 53.1 Å². The first-order chi connectivity index (χ1) is 13.8. The van der Waals surface area contributed by atoms with Gasteiger partial charge in [-0.25, -0.2) is 22.6 Å². The zero-order valence-electron chi connectivity index (χ0n) is 16.2. The maximum absolute atomic E-state index is 13.3. The van der Waals surface area contributed by atoms with Crippen LogP contribution in [0.15, 0.2) is 41.8 Å². The summed E-state index contributed by atoms with van der Waals surface area (Å²) in [5, 5.41) is 11.0. The number of hydrogen-bond donors (Lipinski definition) is 2. The van der Waals surface area contributed by atoms with E-state index in [9.17, 15) is 17.6 Å². The minimum Gasteiger partial charge on any atom is -0.465 e. The molecule has 2 aromatic rings. The maximum atomic E-state index is 13.3. The van der Waals surface area contributed by atoms with E-state index in [0.29, 0.717) is 26.1 Å². The lowest BCUT2D eigenvalue weighted by Gasteiger charge is -2.18. The molecular formula is C19H25FN4O4S. The number of nitrogens with zero attached hydrogens (tertiary/aromatic N) is 3. The number of carbonyl (C=O) groups is 1. The molecule has 1 aliphatic heterocycles. The third-order valence-electron chi connectivity index (χ3n) is 5.27. The van der Waals surface area contributed by atoms with E-state index in [1.807, 2.05) is 0 Å². The first-order valence-electron chi connectivity index (χ1n) is 9.47. The van der Waals surface area contributed by atoms with Crippen molar-refractivity contribution in [3.05, 3.63) is 48.2 Å². The smallest absolute Gasteiger partial charge is 0.404 e. The number of benzene rings is 1. The van der Waals surface area contributed by atoms with Crippen molar-refractivity contribution in [3.63, 3.8) is 0 Å². The largest absolute Gasteiger partial charge is 0.465 e. The Morgan fingerprint density at radius 3 is 2.62 bits per heavy atom. The predicted octanol–water partition coefficient (Wildman–Crippen LogP) is 2.40. The Bertz CT molecular complexity index is 945. The van der Waals surface area contributed by atoms with Crippen molar-refractivity contribution >= 4 is 16.1 Å². The van der Waals surface area contributed by atoms with Gasteiger partial charge in [0, 0.05) is 38.8 Å². The van der Waals surface area contributed by atoms with E-state index >= 15 is 0 Å². The summed E-state index contributed by atoms with van der Waals surface area (Å²) in [6, 6.07) is 6.18. The maximum Gasteiger partial charge on any atom is 0.404 e. The Morgan fingerprint density at radius 2 is 2.00 bits per heavy atom. The summed E-state index contributed by atoms with van der Waals surface area (Å²) in [5.41, 5.74) is 0.902. The van der Waals surface area contributed by atoms with Crippen molar-refractivity contribution in [1.82, 2.24) is 19.2 Å². The number of carboxylic acid groups (broad SMARTS) is 1. The number of hydrogen-bond acceptors (Lipinski definition) is 4. The predicted molar refractivity (Wildman–Crippen MR) is 104 cm³/mol. The monoisotopic (exact) mass is 424 g/mol. The molecule has 1 aromatic carbocycles. The number of aromatic nitrogens is 2. The molecule has 1 aliphatic rings. The molecule has 158 valence electrons. The highest BCUT2D eigenvalue weighted by atomic mass is 32.2. The minimum atomic E-state index is -3.71. The van der Waals surface area contributed by atoms with Gasteiger partial charge in [0.15, 0.2) is 5.03 Å². The molecule has 0 radical (unpaired) electrons. The van der Waals surface area contributed by atoms with Crippen molar-refractivity contribution in [2.45, 2.75) is 30.2 Å². The standard InChI is InChI=1S/C19H25FN4O4S/c1-23-12-18(22-13-23)29(27,28)24-10-15(4-2-3-9-21-19(25)26)17(11-24)14-5-7-16(20)8-6-14/h5-8,12-13,15,17,21H,2-4,9-11H2,1H3,(H,25,26)/t15-,17+/m1/s1. The Labute approximate surface area is 169 Å². The fourth-order valence-corrected chi connectivity index (χ4v) is 5.28. The van der Waals surface area contributed by atoms with Crippen LogP contribution in [0.25, 0.3) is 0 Å². The first kappa shape index (κ1) is 21.3. The van der Waals surface area contributed by atoms with Gasteiger partial charge in [-0.15, -0.1) is 0 Å². The molecule has 1 fully saturated rings. The van der Waals surface area contributed by atoms with Gasteiger partial charge in [0.05, 0.1) is 6.33 Å². The molecule has 1 amide bonds. The molecule has 10 heteroatoms. The quantitative estimate of drug-likeness (QED) is 0.633. The summed E-state index contributed by atoms with van der Waals surface area (Å²) < 4.78 is 42.4. The number of rotatable bonds is 8. The van der Waals surface area contributed by atoms with Gasteiger partial charge in [-0.1, -0.05) is 18.6 Å². The van der Waals surface area contributed by atoms with Crippen LogP contribution >= 0.6 is 0 Å². The fraction of sp³-hybridized carbons (Fsp3) is 0.474. The molecule has 1 saturated heterocycles.